The average Bonchev–Trinajstić information content (AvgIpc) is 2.41. The van der Waals surface area contributed by atoms with Gasteiger partial charge in [-0.2, -0.15) is 0 Å². The summed E-state index contributed by atoms with van der Waals surface area (Å²) in [6, 6.07) is 7.98. The SMILES string of the molecule is CCCC1CCC(c2ccc(OC=O)cc2)CC1. The van der Waals surface area contributed by atoms with Crippen LogP contribution in [0.2, 0.25) is 0 Å². The van der Waals surface area contributed by atoms with Gasteiger partial charge < -0.3 is 4.74 Å². The van der Waals surface area contributed by atoms with Crippen molar-refractivity contribution >= 4 is 6.47 Å². The van der Waals surface area contributed by atoms with Gasteiger partial charge in [0.15, 0.2) is 0 Å². The van der Waals surface area contributed by atoms with Gasteiger partial charge in [0.1, 0.15) is 5.75 Å². The summed E-state index contributed by atoms with van der Waals surface area (Å²) in [4.78, 5) is 10.2. The molecule has 2 rings (SSSR count). The number of hydrogen-bond acceptors (Lipinski definition) is 2. The molecule has 0 radical (unpaired) electrons. The lowest BCUT2D eigenvalue weighted by Gasteiger charge is -2.28. The van der Waals surface area contributed by atoms with Gasteiger partial charge in [-0.25, -0.2) is 0 Å². The fourth-order valence-electron chi connectivity index (χ4n) is 3.07. The van der Waals surface area contributed by atoms with E-state index in [4.69, 9.17) is 4.74 Å². The Morgan fingerprint density at radius 3 is 2.39 bits per heavy atom. The zero-order chi connectivity index (χ0) is 12.8. The van der Waals surface area contributed by atoms with Gasteiger partial charge in [0.2, 0.25) is 0 Å². The third kappa shape index (κ3) is 3.34. The summed E-state index contributed by atoms with van der Waals surface area (Å²) >= 11 is 0. The Hall–Kier alpha value is -1.31. The molecule has 1 fully saturated rings. The van der Waals surface area contributed by atoms with Crippen molar-refractivity contribution in [2.45, 2.75) is 51.4 Å². The quantitative estimate of drug-likeness (QED) is 0.724. The summed E-state index contributed by atoms with van der Waals surface area (Å²) < 4.78 is 4.82. The largest absolute Gasteiger partial charge is 0.429 e. The van der Waals surface area contributed by atoms with Crippen LogP contribution in [0, 0.1) is 5.92 Å². The standard InChI is InChI=1S/C16H22O2/c1-2-3-13-4-6-14(7-5-13)15-8-10-16(11-9-15)18-12-17/h8-14H,2-7H2,1H3. The van der Waals surface area contributed by atoms with E-state index < -0.39 is 0 Å². The minimum Gasteiger partial charge on any atom is -0.429 e. The molecule has 0 bridgehead atoms. The highest BCUT2D eigenvalue weighted by molar-refractivity contribution is 5.45. The summed E-state index contributed by atoms with van der Waals surface area (Å²) in [5.74, 6) is 2.28. The Kier molecular flexibility index (Phi) is 4.80. The normalized spacial score (nSPS) is 23.6. The second-order valence-corrected chi connectivity index (χ2v) is 5.29. The Morgan fingerprint density at radius 2 is 1.83 bits per heavy atom. The van der Waals surface area contributed by atoms with E-state index in [0.29, 0.717) is 18.1 Å². The van der Waals surface area contributed by atoms with Gasteiger partial charge in [-0.05, 0) is 55.2 Å². The molecule has 0 saturated heterocycles. The maximum absolute atomic E-state index is 10.2. The molecule has 0 amide bonds. The van der Waals surface area contributed by atoms with Crippen LogP contribution in [0.3, 0.4) is 0 Å². The van der Waals surface area contributed by atoms with Crippen LogP contribution in [0.15, 0.2) is 24.3 Å². The van der Waals surface area contributed by atoms with Gasteiger partial charge in [-0.15, -0.1) is 0 Å². The van der Waals surface area contributed by atoms with Crippen molar-refractivity contribution in [3.05, 3.63) is 29.8 Å². The lowest BCUT2D eigenvalue weighted by Crippen LogP contribution is -2.13. The Morgan fingerprint density at radius 1 is 1.17 bits per heavy atom. The highest BCUT2D eigenvalue weighted by atomic mass is 16.5. The summed E-state index contributed by atoms with van der Waals surface area (Å²) in [6.07, 6.45) is 8.04. The van der Waals surface area contributed by atoms with Crippen LogP contribution in [0.5, 0.6) is 5.75 Å². The minimum atomic E-state index is 0.477. The fourth-order valence-corrected chi connectivity index (χ4v) is 3.07. The molecule has 0 N–H and O–H groups in total. The van der Waals surface area contributed by atoms with Crippen molar-refractivity contribution in [3.8, 4) is 5.75 Å². The molecule has 2 heteroatoms. The Bertz CT molecular complexity index is 361. The van der Waals surface area contributed by atoms with E-state index in [1.54, 1.807) is 0 Å². The summed E-state index contributed by atoms with van der Waals surface area (Å²) in [7, 11) is 0. The third-order valence-electron chi connectivity index (χ3n) is 4.08. The molecule has 1 aromatic carbocycles. The number of benzene rings is 1. The first-order chi connectivity index (χ1) is 8.83. The lowest BCUT2D eigenvalue weighted by molar-refractivity contribution is -0.120. The summed E-state index contributed by atoms with van der Waals surface area (Å²) in [5.41, 5.74) is 1.39. The molecule has 0 spiro atoms. The first-order valence-electron chi connectivity index (χ1n) is 7.03. The Balaban J connectivity index is 1.90. The van der Waals surface area contributed by atoms with Gasteiger partial charge >= 0.3 is 0 Å². The molecule has 0 atom stereocenters. The third-order valence-corrected chi connectivity index (χ3v) is 4.08. The summed E-state index contributed by atoms with van der Waals surface area (Å²) in [5, 5.41) is 0. The van der Waals surface area contributed by atoms with Gasteiger partial charge in [0.05, 0.1) is 0 Å². The zero-order valence-corrected chi connectivity index (χ0v) is 11.1. The molecule has 1 aliphatic rings. The van der Waals surface area contributed by atoms with Gasteiger partial charge in [0.25, 0.3) is 6.47 Å². The maximum atomic E-state index is 10.2. The van der Waals surface area contributed by atoms with Crippen LogP contribution >= 0.6 is 0 Å². The number of carbonyl (C=O) groups excluding carboxylic acids is 1. The Labute approximate surface area is 109 Å². The number of rotatable bonds is 5. The van der Waals surface area contributed by atoms with Crippen LogP contribution in [-0.4, -0.2) is 6.47 Å². The number of carbonyl (C=O) groups is 1. The van der Waals surface area contributed by atoms with Gasteiger partial charge in [0, 0.05) is 0 Å². The molecule has 0 heterocycles. The average molecular weight is 246 g/mol. The predicted octanol–water partition coefficient (Wildman–Crippen LogP) is 4.30. The van der Waals surface area contributed by atoms with E-state index in [2.05, 4.69) is 19.1 Å². The highest BCUT2D eigenvalue weighted by Crippen LogP contribution is 2.37. The van der Waals surface area contributed by atoms with Gasteiger partial charge in [-0.3, -0.25) is 4.79 Å². The maximum Gasteiger partial charge on any atom is 0.298 e. The smallest absolute Gasteiger partial charge is 0.298 e. The second kappa shape index (κ2) is 6.58. The van der Waals surface area contributed by atoms with E-state index in [9.17, 15) is 4.79 Å². The van der Waals surface area contributed by atoms with Crippen LogP contribution in [0.4, 0.5) is 0 Å². The molecule has 0 unspecified atom stereocenters. The minimum absolute atomic E-state index is 0.477. The molecule has 0 aliphatic heterocycles. The topological polar surface area (TPSA) is 26.3 Å². The molecule has 2 nitrogen and oxygen atoms in total. The second-order valence-electron chi connectivity index (χ2n) is 5.29. The lowest BCUT2D eigenvalue weighted by atomic mass is 9.77. The van der Waals surface area contributed by atoms with Crippen LogP contribution in [-0.2, 0) is 4.79 Å². The van der Waals surface area contributed by atoms with Crippen molar-refractivity contribution in [2.24, 2.45) is 5.92 Å². The molecular weight excluding hydrogens is 224 g/mol. The molecular formula is C16H22O2. The van der Waals surface area contributed by atoms with Crippen molar-refractivity contribution in [1.29, 1.82) is 0 Å². The summed E-state index contributed by atoms with van der Waals surface area (Å²) in [6.45, 7) is 2.75. The number of hydrogen-bond donors (Lipinski definition) is 0. The molecule has 98 valence electrons. The first kappa shape index (κ1) is 13.1. The molecule has 1 saturated carbocycles. The van der Waals surface area contributed by atoms with E-state index in [-0.39, 0.29) is 0 Å². The predicted molar refractivity (Wildman–Crippen MR) is 72.7 cm³/mol. The zero-order valence-electron chi connectivity index (χ0n) is 11.1. The van der Waals surface area contributed by atoms with Crippen molar-refractivity contribution in [3.63, 3.8) is 0 Å². The van der Waals surface area contributed by atoms with E-state index in [1.807, 2.05) is 12.1 Å². The van der Waals surface area contributed by atoms with E-state index in [1.165, 1.54) is 44.1 Å². The van der Waals surface area contributed by atoms with Gasteiger partial charge in [-0.1, -0.05) is 31.9 Å². The van der Waals surface area contributed by atoms with Crippen LogP contribution in [0.1, 0.15) is 56.9 Å². The fraction of sp³-hybridized carbons (Fsp3) is 0.562. The molecule has 1 aliphatic carbocycles. The first-order valence-corrected chi connectivity index (χ1v) is 7.03. The van der Waals surface area contributed by atoms with E-state index >= 15 is 0 Å². The highest BCUT2D eigenvalue weighted by Gasteiger charge is 2.21. The molecule has 0 aromatic heterocycles. The number of ether oxygens (including phenoxy) is 1. The molecule has 18 heavy (non-hydrogen) atoms. The molecule has 1 aromatic rings. The van der Waals surface area contributed by atoms with Crippen molar-refractivity contribution in [1.82, 2.24) is 0 Å². The van der Waals surface area contributed by atoms with Crippen molar-refractivity contribution < 1.29 is 9.53 Å². The van der Waals surface area contributed by atoms with Crippen LogP contribution < -0.4 is 4.74 Å². The van der Waals surface area contributed by atoms with Crippen LogP contribution in [0.25, 0.3) is 0 Å². The monoisotopic (exact) mass is 246 g/mol. The van der Waals surface area contributed by atoms with E-state index in [0.717, 1.165) is 5.92 Å². The van der Waals surface area contributed by atoms with Crippen molar-refractivity contribution in [2.75, 3.05) is 0 Å².